The minimum Gasteiger partial charge on any atom is -0.383 e. The second-order valence-electron chi connectivity index (χ2n) is 5.71. The topological polar surface area (TPSA) is 75.7 Å². The fraction of sp³-hybridized carbons (Fsp3) is 0.562. The lowest BCUT2D eigenvalue weighted by molar-refractivity contribution is 0.134. The van der Waals surface area contributed by atoms with E-state index in [0.717, 1.165) is 12.0 Å². The largest absolute Gasteiger partial charge is 0.383 e. The lowest BCUT2D eigenvalue weighted by Crippen LogP contribution is -2.48. The lowest BCUT2D eigenvalue weighted by atomic mass is 10.1. The van der Waals surface area contributed by atoms with Crippen molar-refractivity contribution in [3.05, 3.63) is 35.9 Å². The number of nitrogens with one attached hydrogen (secondary N) is 1. The van der Waals surface area contributed by atoms with Gasteiger partial charge in [0, 0.05) is 26.2 Å². The Hall–Kier alpha value is -1.60. The van der Waals surface area contributed by atoms with E-state index in [1.165, 1.54) is 0 Å². The standard InChI is InChI=1S/C16H24N2O4S/c1-22-11-10-18(15-8-12-23(20,21)13-15)16(19)17-9-7-14-5-3-2-4-6-14/h2-6,15H,7-13H2,1H3,(H,17,19). The number of benzene rings is 1. The summed E-state index contributed by atoms with van der Waals surface area (Å²) >= 11 is 0. The summed E-state index contributed by atoms with van der Waals surface area (Å²) in [6.45, 7) is 1.31. The molecule has 0 aromatic heterocycles. The summed E-state index contributed by atoms with van der Waals surface area (Å²) in [5.74, 6) is 0.196. The Bertz CT molecular complexity index is 604. The van der Waals surface area contributed by atoms with Gasteiger partial charge in [-0.2, -0.15) is 0 Å². The van der Waals surface area contributed by atoms with E-state index in [2.05, 4.69) is 5.32 Å². The first kappa shape index (κ1) is 17.7. The first-order chi connectivity index (χ1) is 11.0. The molecule has 0 bridgehead atoms. The number of ether oxygens (including phenoxy) is 1. The molecular formula is C16H24N2O4S. The zero-order chi connectivity index (χ0) is 16.7. The molecule has 1 aromatic carbocycles. The van der Waals surface area contributed by atoms with Gasteiger partial charge in [-0.25, -0.2) is 13.2 Å². The van der Waals surface area contributed by atoms with E-state index in [0.29, 0.717) is 26.1 Å². The molecule has 1 N–H and O–H groups in total. The lowest BCUT2D eigenvalue weighted by Gasteiger charge is -2.28. The SMILES string of the molecule is COCCN(C(=O)NCCc1ccccc1)C1CCS(=O)(=O)C1. The molecular weight excluding hydrogens is 316 g/mol. The number of methoxy groups -OCH3 is 1. The predicted molar refractivity (Wildman–Crippen MR) is 89.2 cm³/mol. The van der Waals surface area contributed by atoms with Crippen LogP contribution in [0, 0.1) is 0 Å². The van der Waals surface area contributed by atoms with Gasteiger partial charge in [0.2, 0.25) is 0 Å². The number of amides is 2. The second kappa shape index (κ2) is 8.31. The fourth-order valence-electron chi connectivity index (χ4n) is 2.72. The highest BCUT2D eigenvalue weighted by atomic mass is 32.2. The van der Waals surface area contributed by atoms with E-state index < -0.39 is 9.84 Å². The van der Waals surface area contributed by atoms with Crippen LogP contribution in [0.5, 0.6) is 0 Å². The third kappa shape index (κ3) is 5.51. The quantitative estimate of drug-likeness (QED) is 0.806. The van der Waals surface area contributed by atoms with E-state index in [-0.39, 0.29) is 23.6 Å². The number of hydrogen-bond acceptors (Lipinski definition) is 4. The number of nitrogens with zero attached hydrogens (tertiary/aromatic N) is 1. The number of carbonyl (C=O) groups excluding carboxylic acids is 1. The van der Waals surface area contributed by atoms with Crippen LogP contribution in [0.15, 0.2) is 30.3 Å². The van der Waals surface area contributed by atoms with Crippen LogP contribution >= 0.6 is 0 Å². The Balaban J connectivity index is 1.88. The average molecular weight is 340 g/mol. The van der Waals surface area contributed by atoms with Crippen LogP contribution in [0.2, 0.25) is 0 Å². The van der Waals surface area contributed by atoms with Gasteiger partial charge in [-0.3, -0.25) is 0 Å². The number of carbonyl (C=O) groups is 1. The first-order valence-electron chi connectivity index (χ1n) is 7.79. The Morgan fingerprint density at radius 1 is 1.35 bits per heavy atom. The maximum Gasteiger partial charge on any atom is 0.317 e. The van der Waals surface area contributed by atoms with Crippen LogP contribution in [0.1, 0.15) is 12.0 Å². The Kier molecular flexibility index (Phi) is 6.41. The Morgan fingerprint density at radius 2 is 2.09 bits per heavy atom. The molecule has 1 fully saturated rings. The minimum absolute atomic E-state index is 0.0445. The van der Waals surface area contributed by atoms with Gasteiger partial charge in [0.15, 0.2) is 9.84 Å². The molecule has 23 heavy (non-hydrogen) atoms. The van der Waals surface area contributed by atoms with Crippen molar-refractivity contribution in [3.63, 3.8) is 0 Å². The van der Waals surface area contributed by atoms with Crippen molar-refractivity contribution in [2.75, 3.05) is 38.3 Å². The fourth-order valence-corrected chi connectivity index (χ4v) is 4.45. The highest BCUT2D eigenvalue weighted by Gasteiger charge is 2.34. The van der Waals surface area contributed by atoms with E-state index in [9.17, 15) is 13.2 Å². The van der Waals surface area contributed by atoms with Crippen molar-refractivity contribution < 1.29 is 17.9 Å². The van der Waals surface area contributed by atoms with Gasteiger partial charge in [0.05, 0.1) is 18.1 Å². The van der Waals surface area contributed by atoms with Gasteiger partial charge in [0.1, 0.15) is 0 Å². The van der Waals surface area contributed by atoms with Crippen molar-refractivity contribution in [3.8, 4) is 0 Å². The van der Waals surface area contributed by atoms with Gasteiger partial charge in [0.25, 0.3) is 0 Å². The second-order valence-corrected chi connectivity index (χ2v) is 7.94. The first-order valence-corrected chi connectivity index (χ1v) is 9.62. The normalized spacial score (nSPS) is 19.4. The molecule has 2 amide bonds. The summed E-state index contributed by atoms with van der Waals surface area (Å²) in [5, 5.41) is 2.88. The maximum absolute atomic E-state index is 12.4. The number of urea groups is 1. The van der Waals surface area contributed by atoms with E-state index in [1.54, 1.807) is 12.0 Å². The third-order valence-electron chi connectivity index (χ3n) is 3.98. The molecule has 0 radical (unpaired) electrons. The van der Waals surface area contributed by atoms with Crippen molar-refractivity contribution in [1.29, 1.82) is 0 Å². The molecule has 0 aliphatic carbocycles. The number of rotatable bonds is 7. The summed E-state index contributed by atoms with van der Waals surface area (Å²) in [7, 11) is -1.46. The Morgan fingerprint density at radius 3 is 2.70 bits per heavy atom. The number of sulfone groups is 1. The van der Waals surface area contributed by atoms with Gasteiger partial charge in [-0.15, -0.1) is 0 Å². The molecule has 1 unspecified atom stereocenters. The van der Waals surface area contributed by atoms with E-state index >= 15 is 0 Å². The Labute approximate surface area is 137 Å². The molecule has 1 aliphatic heterocycles. The van der Waals surface area contributed by atoms with E-state index in [1.807, 2.05) is 30.3 Å². The number of hydrogen-bond donors (Lipinski definition) is 1. The highest BCUT2D eigenvalue weighted by molar-refractivity contribution is 7.91. The summed E-state index contributed by atoms with van der Waals surface area (Å²) in [5.41, 5.74) is 1.15. The average Bonchev–Trinajstić information content (AvgIpc) is 2.88. The van der Waals surface area contributed by atoms with Gasteiger partial charge in [-0.05, 0) is 18.4 Å². The van der Waals surface area contributed by atoms with Crippen LogP contribution in [0.3, 0.4) is 0 Å². The molecule has 2 rings (SSSR count). The van der Waals surface area contributed by atoms with Crippen molar-refractivity contribution in [1.82, 2.24) is 10.2 Å². The van der Waals surface area contributed by atoms with Gasteiger partial charge in [-0.1, -0.05) is 30.3 Å². The van der Waals surface area contributed by atoms with Crippen LogP contribution in [0.25, 0.3) is 0 Å². The molecule has 0 spiro atoms. The molecule has 7 heteroatoms. The zero-order valence-corrected chi connectivity index (χ0v) is 14.2. The van der Waals surface area contributed by atoms with Crippen molar-refractivity contribution in [2.24, 2.45) is 0 Å². The van der Waals surface area contributed by atoms with Crippen molar-refractivity contribution >= 4 is 15.9 Å². The summed E-state index contributed by atoms with van der Waals surface area (Å²) in [6.07, 6.45) is 1.24. The zero-order valence-electron chi connectivity index (χ0n) is 13.4. The van der Waals surface area contributed by atoms with Gasteiger partial charge >= 0.3 is 6.03 Å². The van der Waals surface area contributed by atoms with Crippen LogP contribution in [-0.2, 0) is 21.0 Å². The van der Waals surface area contributed by atoms with Crippen LogP contribution < -0.4 is 5.32 Å². The maximum atomic E-state index is 12.4. The molecule has 1 atom stereocenters. The minimum atomic E-state index is -3.03. The van der Waals surface area contributed by atoms with Crippen molar-refractivity contribution in [2.45, 2.75) is 18.9 Å². The smallest absolute Gasteiger partial charge is 0.317 e. The summed E-state index contributed by atoms with van der Waals surface area (Å²) in [6, 6.07) is 9.43. The van der Waals surface area contributed by atoms with Crippen LogP contribution in [-0.4, -0.2) is 63.7 Å². The molecule has 1 heterocycles. The van der Waals surface area contributed by atoms with E-state index in [4.69, 9.17) is 4.74 Å². The predicted octanol–water partition coefficient (Wildman–Crippen LogP) is 1.07. The molecule has 1 aromatic rings. The van der Waals surface area contributed by atoms with Gasteiger partial charge < -0.3 is 15.0 Å². The third-order valence-corrected chi connectivity index (χ3v) is 5.73. The van der Waals surface area contributed by atoms with Crippen LogP contribution in [0.4, 0.5) is 4.79 Å². The monoisotopic (exact) mass is 340 g/mol. The molecule has 0 saturated carbocycles. The molecule has 1 saturated heterocycles. The molecule has 128 valence electrons. The summed E-state index contributed by atoms with van der Waals surface area (Å²) < 4.78 is 28.3. The molecule has 1 aliphatic rings. The molecule has 6 nitrogen and oxygen atoms in total. The summed E-state index contributed by atoms with van der Waals surface area (Å²) in [4.78, 5) is 14.0. The highest BCUT2D eigenvalue weighted by Crippen LogP contribution is 2.17.